The van der Waals surface area contributed by atoms with Gasteiger partial charge in [0.15, 0.2) is 0 Å². The Morgan fingerprint density at radius 1 is 1.00 bits per heavy atom. The first-order chi connectivity index (χ1) is 13.2. The van der Waals surface area contributed by atoms with E-state index in [-0.39, 0.29) is 10.8 Å². The molecule has 0 saturated carbocycles. The van der Waals surface area contributed by atoms with Gasteiger partial charge in [0.2, 0.25) is 0 Å². The molecular formula is C24H31NOSSi. The van der Waals surface area contributed by atoms with Gasteiger partial charge < -0.3 is 0 Å². The van der Waals surface area contributed by atoms with Crippen LogP contribution in [0, 0.1) is 0 Å². The molecule has 2 nitrogen and oxygen atoms in total. The third kappa shape index (κ3) is 7.21. The van der Waals surface area contributed by atoms with E-state index < -0.39 is 19.1 Å². The van der Waals surface area contributed by atoms with Gasteiger partial charge in [-0.2, -0.15) is 0 Å². The summed E-state index contributed by atoms with van der Waals surface area (Å²) in [6, 6.07) is 20.6. The molecule has 0 amide bonds. The smallest absolute Gasteiger partial charge is 0.112 e. The summed E-state index contributed by atoms with van der Waals surface area (Å²) in [6.45, 7) is 10.5. The highest BCUT2D eigenvalue weighted by Gasteiger charge is 2.21. The van der Waals surface area contributed by atoms with Crippen molar-refractivity contribution in [2.24, 2.45) is 0 Å². The van der Waals surface area contributed by atoms with Crippen molar-refractivity contribution in [2.45, 2.75) is 44.7 Å². The molecule has 148 valence electrons. The maximum atomic E-state index is 12.6. The zero-order valence-electron chi connectivity index (χ0n) is 17.5. The fraction of sp³-hybridized carbons (Fsp3) is 0.292. The number of rotatable bonds is 7. The Bertz CT molecular complexity index is 860. The maximum Gasteiger partial charge on any atom is 0.112 e. The highest BCUT2D eigenvalue weighted by molar-refractivity contribution is 7.84. The molecule has 2 atom stereocenters. The molecule has 0 aromatic heterocycles. The van der Waals surface area contributed by atoms with E-state index in [4.69, 9.17) is 0 Å². The second-order valence-electron chi connectivity index (χ2n) is 8.36. The predicted octanol–water partition coefficient (Wildman–Crippen LogP) is 4.99. The van der Waals surface area contributed by atoms with Crippen LogP contribution in [0.1, 0.15) is 26.3 Å². The summed E-state index contributed by atoms with van der Waals surface area (Å²) in [5.74, 6) is 0. The first-order valence-corrected chi connectivity index (χ1v) is 13.8. The zero-order chi connectivity index (χ0) is 20.6. The molecule has 0 aliphatic rings. The minimum Gasteiger partial charge on any atom is -0.242 e. The third-order valence-electron chi connectivity index (χ3n) is 4.33. The molecule has 28 heavy (non-hydrogen) atoms. The van der Waals surface area contributed by atoms with Crippen LogP contribution in [0.25, 0.3) is 6.08 Å². The number of nitrogens with one attached hydrogen (secondary N) is 1. The van der Waals surface area contributed by atoms with Crippen LogP contribution in [-0.4, -0.2) is 23.1 Å². The minimum absolute atomic E-state index is 0.155. The summed E-state index contributed by atoms with van der Waals surface area (Å²) in [7, 11) is -2.87. The van der Waals surface area contributed by atoms with Gasteiger partial charge in [0, 0.05) is 0 Å². The fourth-order valence-electron chi connectivity index (χ4n) is 2.52. The van der Waals surface area contributed by atoms with Crippen LogP contribution in [0.2, 0.25) is 13.1 Å². The quantitative estimate of drug-likeness (QED) is 0.507. The topological polar surface area (TPSA) is 29.1 Å². The van der Waals surface area contributed by atoms with Crippen molar-refractivity contribution in [2.75, 3.05) is 0 Å². The van der Waals surface area contributed by atoms with Gasteiger partial charge in [-0.15, -0.1) is 5.73 Å². The van der Waals surface area contributed by atoms with Crippen LogP contribution >= 0.6 is 0 Å². The van der Waals surface area contributed by atoms with Gasteiger partial charge in [-0.05, 0) is 38.1 Å². The van der Waals surface area contributed by atoms with Crippen molar-refractivity contribution < 1.29 is 4.21 Å². The molecule has 0 saturated heterocycles. The zero-order valence-corrected chi connectivity index (χ0v) is 19.3. The van der Waals surface area contributed by atoms with E-state index in [0.717, 1.165) is 5.56 Å². The van der Waals surface area contributed by atoms with E-state index in [9.17, 15) is 4.21 Å². The number of benzene rings is 2. The van der Waals surface area contributed by atoms with Crippen molar-refractivity contribution in [1.29, 1.82) is 0 Å². The first-order valence-electron chi connectivity index (χ1n) is 9.59. The molecule has 0 aliphatic heterocycles. The van der Waals surface area contributed by atoms with Crippen LogP contribution in [0.3, 0.4) is 0 Å². The maximum absolute atomic E-state index is 12.6. The van der Waals surface area contributed by atoms with E-state index in [0.29, 0.717) is 0 Å². The van der Waals surface area contributed by atoms with Crippen molar-refractivity contribution in [3.8, 4) is 0 Å². The molecule has 2 aromatic rings. The van der Waals surface area contributed by atoms with Crippen molar-refractivity contribution >= 4 is 30.3 Å². The third-order valence-corrected chi connectivity index (χ3v) is 8.64. The lowest BCUT2D eigenvalue weighted by atomic mass is 10.2. The monoisotopic (exact) mass is 409 g/mol. The van der Waals surface area contributed by atoms with Crippen molar-refractivity contribution in [1.82, 2.24) is 4.72 Å². The average Bonchev–Trinajstić information content (AvgIpc) is 2.66. The van der Waals surface area contributed by atoms with Gasteiger partial charge >= 0.3 is 0 Å². The Balaban J connectivity index is 2.24. The molecule has 0 radical (unpaired) electrons. The Morgan fingerprint density at radius 3 is 2.14 bits per heavy atom. The molecular weight excluding hydrogens is 378 g/mol. The molecule has 0 heterocycles. The lowest BCUT2D eigenvalue weighted by Gasteiger charge is -2.20. The Hall–Kier alpha value is -1.97. The Kier molecular flexibility index (Phi) is 7.96. The number of hydrogen-bond donors (Lipinski definition) is 1. The molecule has 1 unspecified atom stereocenters. The van der Waals surface area contributed by atoms with Crippen molar-refractivity contribution in [3.63, 3.8) is 0 Å². The van der Waals surface area contributed by atoms with Crippen LogP contribution in [-0.2, 0) is 11.0 Å². The van der Waals surface area contributed by atoms with E-state index >= 15 is 0 Å². The molecule has 0 fully saturated rings. The first kappa shape index (κ1) is 22.3. The Morgan fingerprint density at radius 2 is 1.57 bits per heavy atom. The molecule has 0 spiro atoms. The molecule has 0 aliphatic carbocycles. The molecule has 1 N–H and O–H groups in total. The van der Waals surface area contributed by atoms with Crippen LogP contribution < -0.4 is 9.91 Å². The summed E-state index contributed by atoms with van der Waals surface area (Å²) in [5.41, 5.74) is 6.70. The highest BCUT2D eigenvalue weighted by atomic mass is 32.2. The normalized spacial score (nSPS) is 14.3. The van der Waals surface area contributed by atoms with Gasteiger partial charge in [-0.1, -0.05) is 91.1 Å². The largest absolute Gasteiger partial charge is 0.242 e. The lowest BCUT2D eigenvalue weighted by Crippen LogP contribution is -2.39. The van der Waals surface area contributed by atoms with Gasteiger partial charge in [0.25, 0.3) is 0 Å². The molecule has 2 aromatic carbocycles. The SMILES string of the molecule is CC(C)(C)S(=O)N[C@@H](C=C=C[Si](C)(C)c1ccccc1)/C=C/c1ccccc1. The van der Waals surface area contributed by atoms with Crippen LogP contribution in [0.5, 0.6) is 0 Å². The summed E-state index contributed by atoms with van der Waals surface area (Å²) in [5, 5.41) is 1.37. The standard InChI is InChI=1S/C24H31NOSSi/c1-24(2,3)27(26)25-22(19-18-21-13-8-6-9-14-21)15-12-20-28(4,5)23-16-10-7-11-17-23/h6-11,13-20,22,25H,1-5H3/b19-18+/t12?,22-,27?/m0/s1. The fourth-order valence-corrected chi connectivity index (χ4v) is 5.00. The van der Waals surface area contributed by atoms with Crippen LogP contribution in [0.15, 0.2) is 84.2 Å². The second kappa shape index (κ2) is 9.99. The van der Waals surface area contributed by atoms with Gasteiger partial charge in [-0.3, -0.25) is 0 Å². The second-order valence-corrected chi connectivity index (χ2v) is 14.7. The van der Waals surface area contributed by atoms with Crippen LogP contribution in [0.4, 0.5) is 0 Å². The summed E-state index contributed by atoms with van der Waals surface area (Å²) in [4.78, 5) is 0. The summed E-state index contributed by atoms with van der Waals surface area (Å²) < 4.78 is 15.5. The van der Waals surface area contributed by atoms with E-state index in [1.807, 2.05) is 57.2 Å². The van der Waals surface area contributed by atoms with E-state index in [1.165, 1.54) is 5.19 Å². The lowest BCUT2D eigenvalue weighted by molar-refractivity contribution is 0.633. The summed E-state index contributed by atoms with van der Waals surface area (Å²) >= 11 is 0. The average molecular weight is 410 g/mol. The predicted molar refractivity (Wildman–Crippen MR) is 127 cm³/mol. The van der Waals surface area contributed by atoms with Crippen molar-refractivity contribution in [3.05, 3.63) is 89.8 Å². The van der Waals surface area contributed by atoms with Gasteiger partial charge in [-0.25, -0.2) is 8.93 Å². The highest BCUT2D eigenvalue weighted by Crippen LogP contribution is 2.11. The number of hydrogen-bond acceptors (Lipinski definition) is 1. The van der Waals surface area contributed by atoms with E-state index in [1.54, 1.807) is 0 Å². The van der Waals surface area contributed by atoms with Gasteiger partial charge in [0.1, 0.15) is 8.07 Å². The van der Waals surface area contributed by atoms with E-state index in [2.05, 4.69) is 71.7 Å². The Labute approximate surface area is 173 Å². The molecule has 2 rings (SSSR count). The molecule has 4 heteroatoms. The summed E-state index contributed by atoms with van der Waals surface area (Å²) in [6.07, 6.45) is 6.06. The minimum atomic E-state index is -1.70. The molecule has 0 bridgehead atoms. The van der Waals surface area contributed by atoms with Gasteiger partial charge in [0.05, 0.1) is 21.8 Å².